The van der Waals surface area contributed by atoms with Crippen molar-refractivity contribution in [3.8, 4) is 6.01 Å². The van der Waals surface area contributed by atoms with Gasteiger partial charge in [-0.05, 0) is 75.6 Å². The zero-order valence-electron chi connectivity index (χ0n) is 22.5. The van der Waals surface area contributed by atoms with Crippen molar-refractivity contribution < 1.29 is 4.74 Å². The molecule has 0 unspecified atom stereocenters. The summed E-state index contributed by atoms with van der Waals surface area (Å²) >= 11 is 0. The smallest absolute Gasteiger partial charge is 0.318 e. The summed E-state index contributed by atoms with van der Waals surface area (Å²) in [4.78, 5) is 17.5. The van der Waals surface area contributed by atoms with Crippen LogP contribution in [0.15, 0.2) is 36.4 Å². The number of likely N-dealkylation sites (tertiary alicyclic amines) is 1. The van der Waals surface area contributed by atoms with E-state index in [4.69, 9.17) is 14.7 Å². The summed E-state index contributed by atoms with van der Waals surface area (Å²) < 4.78 is 6.32. The first-order chi connectivity index (χ1) is 18.0. The molecular formula is C31H39N5O. The van der Waals surface area contributed by atoms with Crippen LogP contribution in [0.25, 0.3) is 10.8 Å². The molecule has 1 aliphatic carbocycles. The van der Waals surface area contributed by atoms with Crippen LogP contribution in [0.4, 0.5) is 11.5 Å². The van der Waals surface area contributed by atoms with Gasteiger partial charge in [0, 0.05) is 47.7 Å². The fourth-order valence-corrected chi connectivity index (χ4v) is 7.64. The van der Waals surface area contributed by atoms with Crippen molar-refractivity contribution in [1.29, 1.82) is 0 Å². The molecule has 0 N–H and O–H groups in total. The van der Waals surface area contributed by atoms with E-state index in [0.717, 1.165) is 56.6 Å². The van der Waals surface area contributed by atoms with Crippen LogP contribution in [0.1, 0.15) is 49.4 Å². The van der Waals surface area contributed by atoms with E-state index in [9.17, 15) is 0 Å². The molecule has 2 saturated heterocycles. The molecule has 4 aliphatic rings. The average Bonchev–Trinajstić information content (AvgIpc) is 3.27. The summed E-state index contributed by atoms with van der Waals surface area (Å²) in [7, 11) is 2.20. The largest absolute Gasteiger partial charge is 0.462 e. The average molecular weight is 498 g/mol. The summed E-state index contributed by atoms with van der Waals surface area (Å²) in [5.74, 6) is 2.01. The van der Waals surface area contributed by atoms with Gasteiger partial charge in [-0.2, -0.15) is 9.97 Å². The number of nitrogens with zero attached hydrogens (tertiary/aromatic N) is 5. The first-order valence-corrected chi connectivity index (χ1v) is 14.2. The molecule has 6 heteroatoms. The van der Waals surface area contributed by atoms with Gasteiger partial charge in [0.1, 0.15) is 12.4 Å². The normalized spacial score (nSPS) is 23.3. The number of aryl methyl sites for hydroxylation is 1. The van der Waals surface area contributed by atoms with Crippen LogP contribution < -0.4 is 14.5 Å². The minimum absolute atomic E-state index is 0.460. The van der Waals surface area contributed by atoms with Crippen molar-refractivity contribution in [3.63, 3.8) is 0 Å². The van der Waals surface area contributed by atoms with E-state index in [2.05, 4.69) is 72.0 Å². The van der Waals surface area contributed by atoms with Crippen LogP contribution >= 0.6 is 0 Å². The van der Waals surface area contributed by atoms with Crippen molar-refractivity contribution in [3.05, 3.63) is 53.2 Å². The Balaban J connectivity index is 1.20. The monoisotopic (exact) mass is 497 g/mol. The maximum Gasteiger partial charge on any atom is 0.318 e. The summed E-state index contributed by atoms with van der Waals surface area (Å²) in [5, 5.41) is 2.66. The van der Waals surface area contributed by atoms with E-state index in [-0.39, 0.29) is 0 Å². The number of rotatable bonds is 5. The Morgan fingerprint density at radius 1 is 1.03 bits per heavy atom. The lowest BCUT2D eigenvalue weighted by Gasteiger charge is -2.59. The lowest BCUT2D eigenvalue weighted by Crippen LogP contribution is -2.62. The van der Waals surface area contributed by atoms with E-state index < -0.39 is 0 Å². The van der Waals surface area contributed by atoms with Gasteiger partial charge in [0.05, 0.1) is 12.2 Å². The van der Waals surface area contributed by atoms with Crippen LogP contribution in [0, 0.1) is 18.3 Å². The Morgan fingerprint density at radius 3 is 2.59 bits per heavy atom. The second-order valence-corrected chi connectivity index (χ2v) is 12.3. The Labute approximate surface area is 220 Å². The van der Waals surface area contributed by atoms with Gasteiger partial charge in [0.25, 0.3) is 0 Å². The summed E-state index contributed by atoms with van der Waals surface area (Å²) in [6.45, 7) is 10.5. The van der Waals surface area contributed by atoms with Gasteiger partial charge in [-0.15, -0.1) is 0 Å². The Kier molecular flexibility index (Phi) is 5.58. The third-order valence-corrected chi connectivity index (χ3v) is 9.45. The molecule has 1 spiro atoms. The topological polar surface area (TPSA) is 44.7 Å². The number of ether oxygens (including phenoxy) is 1. The molecule has 1 saturated carbocycles. The molecule has 0 bridgehead atoms. The van der Waals surface area contributed by atoms with Crippen molar-refractivity contribution in [2.45, 2.75) is 58.5 Å². The molecule has 0 amide bonds. The fraction of sp³-hybridized carbons (Fsp3) is 0.548. The highest BCUT2D eigenvalue weighted by Gasteiger charge is 2.51. The van der Waals surface area contributed by atoms with Gasteiger partial charge < -0.3 is 19.4 Å². The molecule has 0 radical (unpaired) electrons. The van der Waals surface area contributed by atoms with Gasteiger partial charge in [0.2, 0.25) is 0 Å². The Hall–Kier alpha value is -2.86. The molecule has 3 aromatic rings. The first kappa shape index (κ1) is 23.3. The highest BCUT2D eigenvalue weighted by molar-refractivity contribution is 5.97. The zero-order valence-corrected chi connectivity index (χ0v) is 22.5. The van der Waals surface area contributed by atoms with Crippen LogP contribution in [0.2, 0.25) is 0 Å². The molecule has 7 rings (SSSR count). The predicted molar refractivity (Wildman–Crippen MR) is 150 cm³/mol. The molecule has 6 nitrogen and oxygen atoms in total. The number of hydrogen-bond donors (Lipinski definition) is 0. The number of likely N-dealkylation sites (N-methyl/N-ethyl adjacent to an activating group) is 1. The minimum Gasteiger partial charge on any atom is -0.462 e. The van der Waals surface area contributed by atoms with E-state index >= 15 is 0 Å². The maximum atomic E-state index is 6.32. The molecule has 4 heterocycles. The van der Waals surface area contributed by atoms with E-state index in [1.54, 1.807) is 0 Å². The zero-order chi connectivity index (χ0) is 25.1. The van der Waals surface area contributed by atoms with Gasteiger partial charge in [-0.3, -0.25) is 0 Å². The second-order valence-electron chi connectivity index (χ2n) is 12.3. The van der Waals surface area contributed by atoms with Gasteiger partial charge >= 0.3 is 6.01 Å². The molecule has 1 atom stereocenters. The third kappa shape index (κ3) is 4.04. The summed E-state index contributed by atoms with van der Waals surface area (Å²) in [5.41, 5.74) is 5.64. The highest BCUT2D eigenvalue weighted by atomic mass is 16.5. The second kappa shape index (κ2) is 8.87. The lowest BCUT2D eigenvalue weighted by atomic mass is 9.58. The quantitative estimate of drug-likeness (QED) is 0.482. The molecular weight excluding hydrogens is 458 g/mol. The van der Waals surface area contributed by atoms with Crippen molar-refractivity contribution >= 4 is 22.3 Å². The standard InChI is InChI=1S/C31H39N5O/c1-21-15-31(16-21)19-36(20-31)29-25-12-14-35(27-11-5-9-23-8-4-7-22(2)28(23)27)17-26(25)32-30(33-29)37-18-24-10-6-13-34(24)3/h4-5,7-9,11,21,24H,6,10,12-20H2,1-3H3/t24-/m0/s1. The Morgan fingerprint density at radius 2 is 1.84 bits per heavy atom. The minimum atomic E-state index is 0.460. The number of aromatic nitrogens is 2. The lowest BCUT2D eigenvalue weighted by molar-refractivity contribution is 0.0328. The third-order valence-electron chi connectivity index (χ3n) is 9.45. The van der Waals surface area contributed by atoms with Crippen molar-refractivity contribution in [2.24, 2.45) is 11.3 Å². The Bertz CT molecular complexity index is 1320. The molecule has 1 aromatic heterocycles. The van der Waals surface area contributed by atoms with E-state index in [1.807, 2.05) is 0 Å². The molecule has 37 heavy (non-hydrogen) atoms. The highest BCUT2D eigenvalue weighted by Crippen LogP contribution is 2.53. The predicted octanol–water partition coefficient (Wildman–Crippen LogP) is 5.21. The van der Waals surface area contributed by atoms with Gasteiger partial charge in [-0.1, -0.05) is 37.3 Å². The first-order valence-electron chi connectivity index (χ1n) is 14.2. The number of fused-ring (bicyclic) bond motifs is 2. The summed E-state index contributed by atoms with van der Waals surface area (Å²) in [6, 6.07) is 14.3. The van der Waals surface area contributed by atoms with Crippen LogP contribution in [0.5, 0.6) is 6.01 Å². The summed E-state index contributed by atoms with van der Waals surface area (Å²) in [6.07, 6.45) is 6.13. The maximum absolute atomic E-state index is 6.32. The van der Waals surface area contributed by atoms with Crippen LogP contribution in [-0.4, -0.2) is 60.7 Å². The number of benzene rings is 2. The SMILES string of the molecule is Cc1cccc2cccc(N3CCc4c(nc(OC[C@@H]5CCCN5C)nc4N4CC5(CC(C)C5)C4)C3)c12. The van der Waals surface area contributed by atoms with Crippen LogP contribution in [-0.2, 0) is 13.0 Å². The number of anilines is 2. The molecule has 3 fully saturated rings. The van der Waals surface area contributed by atoms with E-state index in [0.29, 0.717) is 24.1 Å². The molecule has 194 valence electrons. The number of hydrogen-bond acceptors (Lipinski definition) is 6. The van der Waals surface area contributed by atoms with Gasteiger partial charge in [-0.25, -0.2) is 0 Å². The molecule has 3 aliphatic heterocycles. The van der Waals surface area contributed by atoms with Crippen molar-refractivity contribution in [1.82, 2.24) is 14.9 Å². The van der Waals surface area contributed by atoms with E-state index in [1.165, 1.54) is 53.3 Å². The van der Waals surface area contributed by atoms with Crippen molar-refractivity contribution in [2.75, 3.05) is 49.6 Å². The van der Waals surface area contributed by atoms with Crippen LogP contribution in [0.3, 0.4) is 0 Å². The molecule has 2 aromatic carbocycles. The van der Waals surface area contributed by atoms with Gasteiger partial charge in [0.15, 0.2) is 0 Å². The fourth-order valence-electron chi connectivity index (χ4n) is 7.64.